The van der Waals surface area contributed by atoms with Crippen LogP contribution in [0.2, 0.25) is 0 Å². The highest BCUT2D eigenvalue weighted by atomic mass is 79.9. The lowest BCUT2D eigenvalue weighted by Crippen LogP contribution is -2.13. The van der Waals surface area contributed by atoms with E-state index in [2.05, 4.69) is 37.2 Å². The zero-order valence-electron chi connectivity index (χ0n) is 14.2. The van der Waals surface area contributed by atoms with Crippen molar-refractivity contribution in [3.63, 3.8) is 0 Å². The number of rotatable bonds is 5. The number of ether oxygens (including phenoxy) is 1. The smallest absolute Gasteiger partial charge is 0.308 e. The second-order valence-corrected chi connectivity index (χ2v) is 7.04. The Morgan fingerprint density at radius 3 is 2.25 bits per heavy atom. The summed E-state index contributed by atoms with van der Waals surface area (Å²) in [5.74, 6) is -0.893. The van der Waals surface area contributed by atoms with Crippen LogP contribution < -0.4 is 10.1 Å². The Labute approximate surface area is 176 Å². The highest BCUT2D eigenvalue weighted by Crippen LogP contribution is 2.35. The van der Waals surface area contributed by atoms with Crippen molar-refractivity contribution in [2.75, 3.05) is 5.32 Å². The summed E-state index contributed by atoms with van der Waals surface area (Å²) < 4.78 is 5.98. The van der Waals surface area contributed by atoms with Crippen molar-refractivity contribution in [2.45, 2.75) is 6.92 Å². The number of anilines is 1. The maximum atomic E-state index is 12.3. The van der Waals surface area contributed by atoms with E-state index in [1.807, 2.05) is 6.07 Å². The van der Waals surface area contributed by atoms with E-state index in [0.717, 1.165) is 0 Å². The molecule has 8 nitrogen and oxygen atoms in total. The number of nitrogens with zero attached hydrogens (tertiary/aromatic N) is 2. The Kier molecular flexibility index (Phi) is 7.03. The summed E-state index contributed by atoms with van der Waals surface area (Å²) in [5, 5.41) is 22.5. The molecule has 0 heterocycles. The first-order valence-corrected chi connectivity index (χ1v) is 9.15. The summed E-state index contributed by atoms with van der Waals surface area (Å²) in [6.07, 6.45) is 1.35. The van der Waals surface area contributed by atoms with Gasteiger partial charge in [0.15, 0.2) is 5.75 Å². The van der Waals surface area contributed by atoms with Crippen molar-refractivity contribution < 1.29 is 19.2 Å². The predicted molar refractivity (Wildman–Crippen MR) is 108 cm³/mol. The van der Waals surface area contributed by atoms with Gasteiger partial charge in [0.1, 0.15) is 11.6 Å². The van der Waals surface area contributed by atoms with Gasteiger partial charge in [-0.05, 0) is 67.8 Å². The molecule has 0 aliphatic heterocycles. The van der Waals surface area contributed by atoms with Gasteiger partial charge in [-0.3, -0.25) is 19.7 Å². The molecule has 0 radical (unpaired) electrons. The average molecular weight is 509 g/mol. The molecule has 0 unspecified atom stereocenters. The van der Waals surface area contributed by atoms with Gasteiger partial charge in [0, 0.05) is 24.7 Å². The van der Waals surface area contributed by atoms with Gasteiger partial charge in [0.05, 0.1) is 13.9 Å². The Bertz CT molecular complexity index is 1000. The van der Waals surface area contributed by atoms with Crippen molar-refractivity contribution in [2.24, 2.45) is 0 Å². The molecule has 10 heteroatoms. The summed E-state index contributed by atoms with van der Waals surface area (Å²) in [5.41, 5.74) is 0.517. The van der Waals surface area contributed by atoms with Crippen molar-refractivity contribution in [1.29, 1.82) is 5.26 Å². The van der Waals surface area contributed by atoms with E-state index in [-0.39, 0.29) is 17.0 Å². The standard InChI is InChI=1S/C18H11Br2N3O5/c1-10(24)28-17-15(19)7-11(8-16(17)20)6-12(9-21)18(25)22-13-2-4-14(5-3-13)23(26)27/h2-8H,1H3,(H,22,25). The lowest BCUT2D eigenvalue weighted by molar-refractivity contribution is -0.384. The fraction of sp³-hybridized carbons (Fsp3) is 0.0556. The second-order valence-electron chi connectivity index (χ2n) is 5.34. The first-order chi connectivity index (χ1) is 13.2. The zero-order chi connectivity index (χ0) is 20.8. The minimum atomic E-state index is -0.673. The molecule has 0 atom stereocenters. The number of carbonyl (C=O) groups excluding carboxylic acids is 2. The van der Waals surface area contributed by atoms with E-state index < -0.39 is 16.8 Å². The molecule has 2 aromatic carbocycles. The van der Waals surface area contributed by atoms with E-state index in [4.69, 9.17) is 4.74 Å². The molecule has 142 valence electrons. The van der Waals surface area contributed by atoms with Gasteiger partial charge in [-0.2, -0.15) is 5.26 Å². The van der Waals surface area contributed by atoms with Crippen LogP contribution >= 0.6 is 31.9 Å². The number of carbonyl (C=O) groups is 2. The number of nitriles is 1. The Morgan fingerprint density at radius 1 is 1.21 bits per heavy atom. The fourth-order valence-electron chi connectivity index (χ4n) is 2.08. The number of nitrogens with one attached hydrogen (secondary N) is 1. The molecular formula is C18H11Br2N3O5. The van der Waals surface area contributed by atoms with Crippen molar-refractivity contribution in [3.05, 3.63) is 66.6 Å². The molecule has 2 rings (SSSR count). The largest absolute Gasteiger partial charge is 0.424 e. The first-order valence-electron chi connectivity index (χ1n) is 7.56. The van der Waals surface area contributed by atoms with Crippen molar-refractivity contribution in [3.8, 4) is 11.8 Å². The van der Waals surface area contributed by atoms with Gasteiger partial charge >= 0.3 is 5.97 Å². The third-order valence-electron chi connectivity index (χ3n) is 3.28. The molecule has 1 amide bonds. The van der Waals surface area contributed by atoms with E-state index in [1.165, 1.54) is 37.3 Å². The quantitative estimate of drug-likeness (QED) is 0.157. The normalized spacial score (nSPS) is 10.7. The van der Waals surface area contributed by atoms with Crippen LogP contribution in [-0.4, -0.2) is 16.8 Å². The van der Waals surface area contributed by atoms with Gasteiger partial charge in [-0.1, -0.05) is 0 Å². The number of nitro benzene ring substituents is 1. The lowest BCUT2D eigenvalue weighted by Gasteiger charge is -2.08. The summed E-state index contributed by atoms with van der Waals surface area (Å²) in [7, 11) is 0. The van der Waals surface area contributed by atoms with Crippen LogP contribution in [0.25, 0.3) is 6.08 Å². The van der Waals surface area contributed by atoms with Crippen LogP contribution in [0.1, 0.15) is 12.5 Å². The number of esters is 1. The highest BCUT2D eigenvalue weighted by Gasteiger charge is 2.14. The first kappa shape index (κ1) is 21.3. The molecule has 0 aromatic heterocycles. The molecule has 0 spiro atoms. The van der Waals surface area contributed by atoms with E-state index >= 15 is 0 Å². The number of halogens is 2. The number of hydrogen-bond acceptors (Lipinski definition) is 6. The predicted octanol–water partition coefficient (Wildman–Crippen LogP) is 4.59. The number of non-ortho nitro benzene ring substituents is 1. The molecule has 0 aliphatic rings. The average Bonchev–Trinajstić information content (AvgIpc) is 2.63. The molecule has 28 heavy (non-hydrogen) atoms. The Balaban J connectivity index is 2.25. The molecule has 0 bridgehead atoms. The fourth-order valence-corrected chi connectivity index (χ4v) is 3.47. The Morgan fingerprint density at radius 2 is 1.79 bits per heavy atom. The van der Waals surface area contributed by atoms with Gasteiger partial charge in [0.25, 0.3) is 11.6 Å². The molecular weight excluding hydrogens is 498 g/mol. The SMILES string of the molecule is CC(=O)Oc1c(Br)cc(C=C(C#N)C(=O)Nc2ccc([N+](=O)[O-])cc2)cc1Br. The van der Waals surface area contributed by atoms with Crippen LogP contribution in [0.5, 0.6) is 5.75 Å². The van der Waals surface area contributed by atoms with Gasteiger partial charge in [-0.25, -0.2) is 0 Å². The molecule has 2 aromatic rings. The molecule has 0 saturated heterocycles. The zero-order valence-corrected chi connectivity index (χ0v) is 17.4. The van der Waals surface area contributed by atoms with E-state index in [9.17, 15) is 25.0 Å². The maximum absolute atomic E-state index is 12.3. The van der Waals surface area contributed by atoms with Crippen LogP contribution in [-0.2, 0) is 9.59 Å². The molecule has 0 fully saturated rings. The number of hydrogen-bond donors (Lipinski definition) is 1. The van der Waals surface area contributed by atoms with Crippen molar-refractivity contribution >= 4 is 61.2 Å². The molecule has 0 aliphatic carbocycles. The van der Waals surface area contributed by atoms with Crippen LogP contribution in [0, 0.1) is 21.4 Å². The second kappa shape index (κ2) is 9.25. The Hall–Kier alpha value is -3.03. The monoisotopic (exact) mass is 507 g/mol. The topological polar surface area (TPSA) is 122 Å². The van der Waals surface area contributed by atoms with Gasteiger partial charge < -0.3 is 10.1 Å². The summed E-state index contributed by atoms with van der Waals surface area (Å²) in [6.45, 7) is 1.27. The third kappa shape index (κ3) is 5.48. The minimum absolute atomic E-state index is 0.114. The van der Waals surface area contributed by atoms with Crippen LogP contribution in [0.4, 0.5) is 11.4 Å². The van der Waals surface area contributed by atoms with Crippen LogP contribution in [0.15, 0.2) is 50.9 Å². The summed E-state index contributed by atoms with van der Waals surface area (Å²) >= 11 is 6.55. The van der Waals surface area contributed by atoms with Crippen LogP contribution in [0.3, 0.4) is 0 Å². The minimum Gasteiger partial charge on any atom is -0.424 e. The highest BCUT2D eigenvalue weighted by molar-refractivity contribution is 9.11. The molecule has 0 saturated carbocycles. The summed E-state index contributed by atoms with van der Waals surface area (Å²) in [6, 6.07) is 10.2. The van der Waals surface area contributed by atoms with Crippen molar-refractivity contribution in [1.82, 2.24) is 0 Å². The van der Waals surface area contributed by atoms with E-state index in [1.54, 1.807) is 12.1 Å². The third-order valence-corrected chi connectivity index (χ3v) is 4.46. The number of amides is 1. The van der Waals surface area contributed by atoms with Gasteiger partial charge in [-0.15, -0.1) is 0 Å². The molecule has 1 N–H and O–H groups in total. The summed E-state index contributed by atoms with van der Waals surface area (Å²) in [4.78, 5) is 33.6. The number of nitro groups is 1. The number of benzene rings is 2. The van der Waals surface area contributed by atoms with Gasteiger partial charge in [0.2, 0.25) is 0 Å². The lowest BCUT2D eigenvalue weighted by atomic mass is 10.1. The van der Waals surface area contributed by atoms with E-state index in [0.29, 0.717) is 20.2 Å². The maximum Gasteiger partial charge on any atom is 0.308 e.